The van der Waals surface area contributed by atoms with Crippen LogP contribution >= 0.6 is 46.4 Å². The molecule has 6 nitrogen and oxygen atoms in total. The normalized spacial score (nSPS) is 10.5. The average molecular weight is 503 g/mol. The first kappa shape index (κ1) is 23.1. The molecule has 0 radical (unpaired) electrons. The van der Waals surface area contributed by atoms with Crippen molar-refractivity contribution in [2.45, 2.75) is 6.92 Å². The van der Waals surface area contributed by atoms with Gasteiger partial charge in [0.1, 0.15) is 10.8 Å². The van der Waals surface area contributed by atoms with E-state index in [0.29, 0.717) is 0 Å². The summed E-state index contributed by atoms with van der Waals surface area (Å²) in [6.45, 7) is 1.82. The fraction of sp³-hybridized carbons (Fsp3) is 0.0500. The highest BCUT2D eigenvalue weighted by atomic mass is 35.5. The van der Waals surface area contributed by atoms with Crippen molar-refractivity contribution in [1.29, 1.82) is 0 Å². The number of carbonyl (C=O) groups is 2. The van der Waals surface area contributed by atoms with Gasteiger partial charge in [-0.1, -0.05) is 52.5 Å². The first-order valence-corrected chi connectivity index (χ1v) is 10.0. The first-order chi connectivity index (χ1) is 14.7. The average Bonchev–Trinajstić information content (AvgIpc) is 2.65. The number of pyridine rings is 1. The highest BCUT2D eigenvalue weighted by Crippen LogP contribution is 2.40. The molecule has 3 amide bonds. The third kappa shape index (κ3) is 5.57. The van der Waals surface area contributed by atoms with Crippen LogP contribution < -0.4 is 15.4 Å². The van der Waals surface area contributed by atoms with Crippen molar-refractivity contribution in [1.82, 2.24) is 10.3 Å². The van der Waals surface area contributed by atoms with Crippen molar-refractivity contribution in [3.8, 4) is 11.6 Å². The van der Waals surface area contributed by atoms with E-state index in [9.17, 15) is 14.0 Å². The number of amides is 3. The van der Waals surface area contributed by atoms with E-state index in [4.69, 9.17) is 51.1 Å². The van der Waals surface area contributed by atoms with Crippen LogP contribution in [0.25, 0.3) is 0 Å². The van der Waals surface area contributed by atoms with Gasteiger partial charge in [0.15, 0.2) is 5.75 Å². The zero-order valence-corrected chi connectivity index (χ0v) is 18.6. The highest BCUT2D eigenvalue weighted by Gasteiger charge is 2.19. The molecular weight excluding hydrogens is 491 g/mol. The maximum absolute atomic E-state index is 13.8. The second kappa shape index (κ2) is 9.70. The van der Waals surface area contributed by atoms with Gasteiger partial charge in [0, 0.05) is 11.9 Å². The Morgan fingerprint density at radius 3 is 2.29 bits per heavy atom. The number of anilines is 1. The molecule has 0 saturated carbocycles. The molecule has 2 aromatic carbocycles. The fourth-order valence-electron chi connectivity index (χ4n) is 2.47. The molecule has 160 valence electrons. The summed E-state index contributed by atoms with van der Waals surface area (Å²) in [6, 6.07) is 7.09. The standard InChI is InChI=1S/C20H12Cl4FN3O3/c1-9-5-14(24)19(26-8-9)31-17-12(22)6-10(7-13(17)23)27-20(30)28-18(29)16-11(21)3-2-4-15(16)25/h2-8H,1H3,(H2,27,28,29,30). The number of nitrogens with zero attached hydrogens (tertiary/aromatic N) is 1. The van der Waals surface area contributed by atoms with Crippen LogP contribution in [0.5, 0.6) is 11.6 Å². The van der Waals surface area contributed by atoms with Gasteiger partial charge in [0.05, 0.1) is 20.6 Å². The second-order valence-corrected chi connectivity index (χ2v) is 7.80. The van der Waals surface area contributed by atoms with Gasteiger partial charge in [-0.15, -0.1) is 0 Å². The minimum Gasteiger partial charge on any atom is -0.434 e. The molecule has 3 aromatic rings. The van der Waals surface area contributed by atoms with E-state index in [1.165, 1.54) is 24.3 Å². The molecular formula is C20H12Cl4FN3O3. The number of aryl methyl sites for hydroxylation is 1. The molecule has 2 N–H and O–H groups in total. The van der Waals surface area contributed by atoms with Crippen molar-refractivity contribution in [3.63, 3.8) is 0 Å². The molecule has 0 aliphatic carbocycles. The van der Waals surface area contributed by atoms with Crippen molar-refractivity contribution >= 4 is 64.0 Å². The lowest BCUT2D eigenvalue weighted by molar-refractivity contribution is 0.0963. The third-order valence-electron chi connectivity index (χ3n) is 3.82. The minimum absolute atomic E-state index is 0.0460. The topological polar surface area (TPSA) is 80.3 Å². The molecule has 0 spiro atoms. The number of halogens is 5. The van der Waals surface area contributed by atoms with Crippen LogP contribution in [-0.4, -0.2) is 16.9 Å². The van der Waals surface area contributed by atoms with Crippen LogP contribution in [0.4, 0.5) is 14.9 Å². The summed E-state index contributed by atoms with van der Waals surface area (Å²) in [4.78, 5) is 28.4. The Kier molecular flexibility index (Phi) is 7.23. The maximum Gasteiger partial charge on any atom is 0.326 e. The number of aromatic nitrogens is 1. The van der Waals surface area contributed by atoms with Gasteiger partial charge in [0.2, 0.25) is 5.88 Å². The van der Waals surface area contributed by atoms with E-state index in [1.807, 2.05) is 12.2 Å². The summed E-state index contributed by atoms with van der Waals surface area (Å²) in [6.07, 6.45) is 1.56. The van der Waals surface area contributed by atoms with Gasteiger partial charge in [-0.2, -0.15) is 0 Å². The second-order valence-electron chi connectivity index (χ2n) is 6.18. The van der Waals surface area contributed by atoms with Crippen LogP contribution in [0, 0.1) is 12.7 Å². The molecule has 0 aliphatic heterocycles. The third-order valence-corrected chi connectivity index (χ3v) is 4.96. The zero-order chi connectivity index (χ0) is 22.7. The number of imide groups is 1. The monoisotopic (exact) mass is 501 g/mol. The van der Waals surface area contributed by atoms with Crippen LogP contribution in [0.2, 0.25) is 20.1 Å². The molecule has 1 aromatic heterocycles. The van der Waals surface area contributed by atoms with Crippen LogP contribution in [0.1, 0.15) is 15.9 Å². The molecule has 31 heavy (non-hydrogen) atoms. The lowest BCUT2D eigenvalue weighted by atomic mass is 10.2. The zero-order valence-electron chi connectivity index (χ0n) is 15.6. The number of ether oxygens (including phenoxy) is 1. The molecule has 0 atom stereocenters. The Morgan fingerprint density at radius 2 is 1.68 bits per heavy atom. The van der Waals surface area contributed by atoms with Crippen LogP contribution in [0.15, 0.2) is 42.6 Å². The first-order valence-electron chi connectivity index (χ1n) is 8.51. The Labute approximate surface area is 196 Å². The molecule has 3 rings (SSSR count). The lowest BCUT2D eigenvalue weighted by Gasteiger charge is -2.13. The number of nitrogens with one attached hydrogen (secondary N) is 2. The Morgan fingerprint density at radius 1 is 1.00 bits per heavy atom. The number of benzene rings is 2. The maximum atomic E-state index is 13.8. The summed E-state index contributed by atoms with van der Waals surface area (Å²) in [5.41, 5.74) is 0.531. The molecule has 0 aliphatic rings. The van der Waals surface area contributed by atoms with Gasteiger partial charge in [-0.05, 0) is 42.8 Å². The fourth-order valence-corrected chi connectivity index (χ4v) is 3.54. The molecule has 0 fully saturated rings. The summed E-state index contributed by atoms with van der Waals surface area (Å²) in [5.74, 6) is -1.71. The molecule has 0 unspecified atom stereocenters. The van der Waals surface area contributed by atoms with E-state index < -0.39 is 23.3 Å². The van der Waals surface area contributed by atoms with Gasteiger partial charge < -0.3 is 10.1 Å². The van der Waals surface area contributed by atoms with Gasteiger partial charge >= 0.3 is 6.03 Å². The predicted octanol–water partition coefficient (Wildman–Crippen LogP) is 6.90. The highest BCUT2D eigenvalue weighted by molar-refractivity contribution is 6.38. The minimum atomic E-state index is -1.02. The van der Waals surface area contributed by atoms with E-state index in [-0.39, 0.29) is 37.4 Å². The van der Waals surface area contributed by atoms with E-state index in [2.05, 4.69) is 10.3 Å². The molecule has 0 bridgehead atoms. The van der Waals surface area contributed by atoms with Gasteiger partial charge in [-0.3, -0.25) is 10.1 Å². The van der Waals surface area contributed by atoms with E-state index >= 15 is 0 Å². The number of hydrogen-bond donors (Lipinski definition) is 2. The molecule has 1 heterocycles. The summed E-state index contributed by atoms with van der Waals surface area (Å²) >= 11 is 24.3. The Bertz CT molecular complexity index is 1150. The number of urea groups is 1. The largest absolute Gasteiger partial charge is 0.434 e. The van der Waals surface area contributed by atoms with E-state index in [1.54, 1.807) is 12.3 Å². The van der Waals surface area contributed by atoms with Crippen molar-refractivity contribution in [2.75, 3.05) is 5.32 Å². The predicted molar refractivity (Wildman–Crippen MR) is 118 cm³/mol. The summed E-state index contributed by atoms with van der Waals surface area (Å²) in [7, 11) is 0. The molecule has 11 heteroatoms. The smallest absolute Gasteiger partial charge is 0.326 e. The summed E-state index contributed by atoms with van der Waals surface area (Å²) in [5, 5.41) is 4.56. The Hall–Kier alpha value is -2.58. The van der Waals surface area contributed by atoms with Crippen LogP contribution in [-0.2, 0) is 0 Å². The molecule has 0 saturated heterocycles. The number of carbonyl (C=O) groups excluding carboxylic acids is 2. The van der Waals surface area contributed by atoms with E-state index in [0.717, 1.165) is 11.6 Å². The number of hydrogen-bond acceptors (Lipinski definition) is 4. The van der Waals surface area contributed by atoms with Crippen molar-refractivity contribution in [2.24, 2.45) is 0 Å². The van der Waals surface area contributed by atoms with Gasteiger partial charge in [0.25, 0.3) is 5.91 Å². The van der Waals surface area contributed by atoms with Crippen molar-refractivity contribution < 1.29 is 18.7 Å². The van der Waals surface area contributed by atoms with Gasteiger partial charge in [-0.25, -0.2) is 14.2 Å². The summed E-state index contributed by atoms with van der Waals surface area (Å²) < 4.78 is 19.4. The Balaban J connectivity index is 1.74. The number of rotatable bonds is 4. The quantitative estimate of drug-likeness (QED) is 0.406. The van der Waals surface area contributed by atoms with Crippen LogP contribution in [0.3, 0.4) is 0 Å². The SMILES string of the molecule is Cc1cnc(Oc2c(Cl)cc(NC(=O)NC(=O)c3c(F)cccc3Cl)cc2Cl)c(Cl)c1. The van der Waals surface area contributed by atoms with Crippen molar-refractivity contribution in [3.05, 3.63) is 79.6 Å². The lowest BCUT2D eigenvalue weighted by Crippen LogP contribution is -2.35.